The summed E-state index contributed by atoms with van der Waals surface area (Å²) in [7, 11) is 0. The van der Waals surface area contributed by atoms with Crippen molar-refractivity contribution < 1.29 is 4.79 Å². The molecule has 1 unspecified atom stereocenters. The molecular weight excluding hydrogens is 410 g/mol. The van der Waals surface area contributed by atoms with Gasteiger partial charge < -0.3 is 4.90 Å². The number of rotatable bonds is 11. The van der Waals surface area contributed by atoms with Gasteiger partial charge in [-0.2, -0.15) is 0 Å². The number of benzene rings is 2. The van der Waals surface area contributed by atoms with E-state index in [9.17, 15) is 9.59 Å². The first-order valence-electron chi connectivity index (χ1n) is 12.5. The Kier molecular flexibility index (Phi) is 8.81. The van der Waals surface area contributed by atoms with Gasteiger partial charge in [-0.3, -0.25) is 14.2 Å². The van der Waals surface area contributed by atoms with E-state index in [-0.39, 0.29) is 17.5 Å². The first kappa shape index (κ1) is 24.7. The monoisotopic (exact) mass is 447 g/mol. The van der Waals surface area contributed by atoms with Gasteiger partial charge in [-0.25, -0.2) is 4.98 Å². The number of aryl methyl sites for hydroxylation is 1. The van der Waals surface area contributed by atoms with E-state index in [1.165, 1.54) is 5.56 Å². The van der Waals surface area contributed by atoms with Crippen LogP contribution in [0.4, 0.5) is 0 Å². The summed E-state index contributed by atoms with van der Waals surface area (Å²) in [6.45, 7) is 9.07. The predicted octanol–water partition coefficient (Wildman–Crippen LogP) is 6.22. The second-order valence-electron chi connectivity index (χ2n) is 8.62. The summed E-state index contributed by atoms with van der Waals surface area (Å²) in [4.78, 5) is 33.9. The highest BCUT2D eigenvalue weighted by Crippen LogP contribution is 2.27. The number of aromatic nitrogens is 2. The van der Waals surface area contributed by atoms with Crippen molar-refractivity contribution in [3.8, 4) is 5.69 Å². The molecule has 0 N–H and O–H groups in total. The van der Waals surface area contributed by atoms with Crippen LogP contribution >= 0.6 is 0 Å². The van der Waals surface area contributed by atoms with Crippen LogP contribution in [-0.4, -0.2) is 26.9 Å². The molecule has 0 aliphatic heterocycles. The Morgan fingerprint density at radius 3 is 2.33 bits per heavy atom. The van der Waals surface area contributed by atoms with E-state index < -0.39 is 0 Å². The zero-order valence-corrected chi connectivity index (χ0v) is 20.5. The smallest absolute Gasteiger partial charge is 0.266 e. The van der Waals surface area contributed by atoms with Crippen molar-refractivity contribution in [3.63, 3.8) is 0 Å². The number of unbranched alkanes of at least 4 members (excludes halogenated alkanes) is 2. The number of amides is 1. The predicted molar refractivity (Wildman–Crippen MR) is 136 cm³/mol. The van der Waals surface area contributed by atoms with Crippen molar-refractivity contribution in [3.05, 3.63) is 70.3 Å². The lowest BCUT2D eigenvalue weighted by atomic mass is 10.1. The standard InChI is InChI=1S/C28H37N3O2/c1-5-9-12-20-30(26(32)13-6-2)25(8-4)27-29-24-15-11-10-14-23(24)28(33)31(27)22-18-16-21(7-3)17-19-22/h10-11,14-19,25H,5-9,12-13,20H2,1-4H3. The highest BCUT2D eigenvalue weighted by molar-refractivity contribution is 5.79. The van der Waals surface area contributed by atoms with Crippen LogP contribution in [0.15, 0.2) is 53.3 Å². The fraction of sp³-hybridized carbons (Fsp3) is 0.464. The maximum absolute atomic E-state index is 13.7. The Labute approximate surface area is 197 Å². The Morgan fingerprint density at radius 1 is 0.970 bits per heavy atom. The van der Waals surface area contributed by atoms with E-state index in [2.05, 4.69) is 32.9 Å². The summed E-state index contributed by atoms with van der Waals surface area (Å²) < 4.78 is 1.72. The van der Waals surface area contributed by atoms with Crippen LogP contribution in [0.3, 0.4) is 0 Å². The van der Waals surface area contributed by atoms with Gasteiger partial charge in [0.25, 0.3) is 5.56 Å². The molecule has 5 heteroatoms. The molecule has 1 heterocycles. The zero-order chi connectivity index (χ0) is 23.8. The minimum atomic E-state index is -0.260. The molecule has 33 heavy (non-hydrogen) atoms. The first-order chi connectivity index (χ1) is 16.0. The number of nitrogens with zero attached hydrogens (tertiary/aromatic N) is 3. The molecule has 0 bridgehead atoms. The Bertz CT molecular complexity index is 1120. The van der Waals surface area contributed by atoms with Gasteiger partial charge in [0.2, 0.25) is 5.91 Å². The van der Waals surface area contributed by atoms with Crippen molar-refractivity contribution in [2.45, 2.75) is 78.7 Å². The average Bonchev–Trinajstić information content (AvgIpc) is 2.84. The molecular formula is C28H37N3O2. The molecule has 2 aromatic carbocycles. The minimum absolute atomic E-state index is 0.0882. The van der Waals surface area contributed by atoms with Crippen LogP contribution in [0.25, 0.3) is 16.6 Å². The molecule has 1 aromatic heterocycles. The van der Waals surface area contributed by atoms with Gasteiger partial charge in [-0.15, -0.1) is 0 Å². The van der Waals surface area contributed by atoms with Crippen LogP contribution in [0.5, 0.6) is 0 Å². The van der Waals surface area contributed by atoms with Crippen molar-refractivity contribution in [2.75, 3.05) is 6.54 Å². The molecule has 3 aromatic rings. The molecule has 0 fully saturated rings. The lowest BCUT2D eigenvalue weighted by Crippen LogP contribution is -2.39. The molecule has 1 amide bonds. The molecule has 0 aliphatic rings. The highest BCUT2D eigenvalue weighted by atomic mass is 16.2. The number of para-hydroxylation sites is 1. The van der Waals surface area contributed by atoms with Crippen LogP contribution in [-0.2, 0) is 11.2 Å². The van der Waals surface area contributed by atoms with Gasteiger partial charge in [-0.05, 0) is 55.5 Å². The summed E-state index contributed by atoms with van der Waals surface area (Å²) in [5.41, 5.74) is 2.59. The average molecular weight is 448 g/mol. The summed E-state index contributed by atoms with van der Waals surface area (Å²) in [6, 6.07) is 15.3. The quantitative estimate of drug-likeness (QED) is 0.328. The maximum atomic E-state index is 13.7. The van der Waals surface area contributed by atoms with E-state index in [0.29, 0.717) is 36.1 Å². The van der Waals surface area contributed by atoms with Gasteiger partial charge >= 0.3 is 0 Å². The van der Waals surface area contributed by atoms with Gasteiger partial charge in [0.15, 0.2) is 0 Å². The number of carbonyl (C=O) groups excluding carboxylic acids is 1. The van der Waals surface area contributed by atoms with Crippen molar-refractivity contribution in [1.82, 2.24) is 14.5 Å². The van der Waals surface area contributed by atoms with E-state index in [0.717, 1.165) is 37.8 Å². The molecule has 0 saturated carbocycles. The number of hydrogen-bond acceptors (Lipinski definition) is 3. The lowest BCUT2D eigenvalue weighted by Gasteiger charge is -2.32. The van der Waals surface area contributed by atoms with E-state index >= 15 is 0 Å². The third-order valence-electron chi connectivity index (χ3n) is 6.25. The van der Waals surface area contributed by atoms with E-state index in [1.54, 1.807) is 4.57 Å². The second-order valence-corrected chi connectivity index (χ2v) is 8.62. The number of carbonyl (C=O) groups is 1. The molecule has 0 saturated heterocycles. The second kappa shape index (κ2) is 11.8. The third-order valence-corrected chi connectivity index (χ3v) is 6.25. The van der Waals surface area contributed by atoms with Crippen LogP contribution < -0.4 is 5.56 Å². The Balaban J connectivity index is 2.22. The Morgan fingerprint density at radius 2 is 1.70 bits per heavy atom. The zero-order valence-electron chi connectivity index (χ0n) is 20.5. The minimum Gasteiger partial charge on any atom is -0.333 e. The number of fused-ring (bicyclic) bond motifs is 1. The lowest BCUT2D eigenvalue weighted by molar-refractivity contribution is -0.134. The highest BCUT2D eigenvalue weighted by Gasteiger charge is 2.28. The molecule has 0 radical (unpaired) electrons. The molecule has 5 nitrogen and oxygen atoms in total. The third kappa shape index (κ3) is 5.52. The van der Waals surface area contributed by atoms with Crippen LogP contribution in [0, 0.1) is 0 Å². The Hall–Kier alpha value is -2.95. The molecule has 0 spiro atoms. The molecule has 3 rings (SSSR count). The summed E-state index contributed by atoms with van der Waals surface area (Å²) in [5, 5.41) is 0.591. The summed E-state index contributed by atoms with van der Waals surface area (Å²) in [5.74, 6) is 0.780. The fourth-order valence-electron chi connectivity index (χ4n) is 4.39. The van der Waals surface area contributed by atoms with Gasteiger partial charge in [0.05, 0.1) is 22.6 Å². The number of hydrogen-bond donors (Lipinski definition) is 0. The molecule has 1 atom stereocenters. The summed E-state index contributed by atoms with van der Waals surface area (Å²) in [6.07, 6.45) is 6.05. The first-order valence-corrected chi connectivity index (χ1v) is 12.5. The maximum Gasteiger partial charge on any atom is 0.266 e. The van der Waals surface area contributed by atoms with Crippen molar-refractivity contribution in [1.29, 1.82) is 0 Å². The van der Waals surface area contributed by atoms with Gasteiger partial charge in [-0.1, -0.05) is 64.8 Å². The summed E-state index contributed by atoms with van der Waals surface area (Å²) >= 11 is 0. The fourth-order valence-corrected chi connectivity index (χ4v) is 4.39. The van der Waals surface area contributed by atoms with Gasteiger partial charge in [0.1, 0.15) is 5.82 Å². The molecule has 176 valence electrons. The van der Waals surface area contributed by atoms with Crippen LogP contribution in [0.1, 0.15) is 83.6 Å². The van der Waals surface area contributed by atoms with Crippen LogP contribution in [0.2, 0.25) is 0 Å². The van der Waals surface area contributed by atoms with Crippen molar-refractivity contribution >= 4 is 16.8 Å². The van der Waals surface area contributed by atoms with Gasteiger partial charge in [0, 0.05) is 13.0 Å². The van der Waals surface area contributed by atoms with Crippen molar-refractivity contribution in [2.24, 2.45) is 0 Å². The SMILES string of the molecule is CCCCCN(C(=O)CCC)C(CC)c1nc2ccccc2c(=O)n1-c1ccc(CC)cc1. The molecule has 0 aliphatic carbocycles. The van der Waals surface area contributed by atoms with E-state index in [4.69, 9.17) is 4.98 Å². The normalized spacial score (nSPS) is 12.1. The van der Waals surface area contributed by atoms with E-state index in [1.807, 2.05) is 48.2 Å². The largest absolute Gasteiger partial charge is 0.333 e. The topological polar surface area (TPSA) is 55.2 Å².